The normalized spacial score (nSPS) is 12.0. The van der Waals surface area contributed by atoms with Crippen molar-refractivity contribution in [2.45, 2.75) is 40.5 Å². The van der Waals surface area contributed by atoms with Crippen LogP contribution in [-0.2, 0) is 4.84 Å². The van der Waals surface area contributed by atoms with E-state index in [4.69, 9.17) is 4.84 Å². The molecule has 0 aromatic heterocycles. The SMILES string of the molecule is CC(C)CNCCCCON(C)CC(C)C. The molecule has 0 atom stereocenters. The highest BCUT2D eigenvalue weighted by Gasteiger charge is 2.01. The molecule has 0 aromatic rings. The first-order chi connectivity index (χ1) is 7.52. The summed E-state index contributed by atoms with van der Waals surface area (Å²) in [5.41, 5.74) is 0. The molecule has 1 N–H and O–H groups in total. The monoisotopic (exact) mass is 230 g/mol. The van der Waals surface area contributed by atoms with E-state index in [2.05, 4.69) is 33.0 Å². The second-order valence-corrected chi connectivity index (χ2v) is 5.34. The van der Waals surface area contributed by atoms with Gasteiger partial charge in [0.1, 0.15) is 0 Å². The Bertz CT molecular complexity index is 149. The van der Waals surface area contributed by atoms with Crippen molar-refractivity contribution in [3.05, 3.63) is 0 Å². The molecule has 0 aliphatic carbocycles. The number of hydrogen-bond acceptors (Lipinski definition) is 3. The molecule has 0 radical (unpaired) electrons. The highest BCUT2D eigenvalue weighted by Crippen LogP contribution is 1.98. The van der Waals surface area contributed by atoms with E-state index in [9.17, 15) is 0 Å². The fraction of sp³-hybridized carbons (Fsp3) is 1.00. The molecule has 0 aliphatic heterocycles. The van der Waals surface area contributed by atoms with Crippen molar-refractivity contribution in [1.29, 1.82) is 0 Å². The summed E-state index contributed by atoms with van der Waals surface area (Å²) in [5.74, 6) is 1.41. The van der Waals surface area contributed by atoms with Crippen LogP contribution in [-0.4, -0.2) is 38.4 Å². The first-order valence-electron chi connectivity index (χ1n) is 6.57. The van der Waals surface area contributed by atoms with E-state index in [1.807, 2.05) is 12.1 Å². The van der Waals surface area contributed by atoms with Gasteiger partial charge in [-0.1, -0.05) is 27.7 Å². The number of hydroxylamine groups is 2. The van der Waals surface area contributed by atoms with Crippen LogP contribution in [0, 0.1) is 11.8 Å². The van der Waals surface area contributed by atoms with E-state index in [-0.39, 0.29) is 0 Å². The van der Waals surface area contributed by atoms with E-state index < -0.39 is 0 Å². The molecular formula is C13H30N2O. The van der Waals surface area contributed by atoms with Crippen LogP contribution in [0.15, 0.2) is 0 Å². The average Bonchev–Trinajstić information content (AvgIpc) is 2.14. The van der Waals surface area contributed by atoms with Gasteiger partial charge in [-0.15, -0.1) is 0 Å². The Hall–Kier alpha value is -0.120. The molecule has 16 heavy (non-hydrogen) atoms. The van der Waals surface area contributed by atoms with Crippen molar-refractivity contribution in [3.63, 3.8) is 0 Å². The van der Waals surface area contributed by atoms with E-state index in [1.54, 1.807) is 0 Å². The summed E-state index contributed by atoms with van der Waals surface area (Å²) < 4.78 is 0. The molecule has 0 aliphatic rings. The number of rotatable bonds is 10. The Morgan fingerprint density at radius 3 is 2.31 bits per heavy atom. The summed E-state index contributed by atoms with van der Waals surface area (Å²) in [6.45, 7) is 12.9. The maximum Gasteiger partial charge on any atom is 0.0685 e. The zero-order chi connectivity index (χ0) is 12.4. The predicted molar refractivity (Wildman–Crippen MR) is 70.4 cm³/mol. The van der Waals surface area contributed by atoms with Crippen molar-refractivity contribution in [1.82, 2.24) is 10.4 Å². The van der Waals surface area contributed by atoms with Gasteiger partial charge in [-0.2, -0.15) is 5.06 Å². The number of hydrogen-bond donors (Lipinski definition) is 1. The van der Waals surface area contributed by atoms with Gasteiger partial charge in [-0.3, -0.25) is 4.84 Å². The average molecular weight is 230 g/mol. The molecule has 0 unspecified atom stereocenters. The molecule has 3 nitrogen and oxygen atoms in total. The minimum atomic E-state index is 0.665. The molecule has 0 aromatic carbocycles. The molecule has 3 heteroatoms. The molecule has 0 saturated heterocycles. The van der Waals surface area contributed by atoms with Crippen molar-refractivity contribution >= 4 is 0 Å². The Morgan fingerprint density at radius 2 is 1.75 bits per heavy atom. The van der Waals surface area contributed by atoms with Crippen LogP contribution in [0.3, 0.4) is 0 Å². The lowest BCUT2D eigenvalue weighted by Crippen LogP contribution is -2.25. The fourth-order valence-electron chi connectivity index (χ4n) is 1.53. The van der Waals surface area contributed by atoms with Crippen LogP contribution < -0.4 is 5.32 Å². The second kappa shape index (κ2) is 10.1. The van der Waals surface area contributed by atoms with E-state index in [0.717, 1.165) is 38.6 Å². The maximum absolute atomic E-state index is 5.59. The zero-order valence-electron chi connectivity index (χ0n) is 11.8. The smallest absolute Gasteiger partial charge is 0.0685 e. The Morgan fingerprint density at radius 1 is 1.06 bits per heavy atom. The van der Waals surface area contributed by atoms with Crippen molar-refractivity contribution in [2.24, 2.45) is 11.8 Å². The summed E-state index contributed by atoms with van der Waals surface area (Å²) in [7, 11) is 2.01. The first-order valence-corrected chi connectivity index (χ1v) is 6.57. The maximum atomic E-state index is 5.59. The molecule has 0 spiro atoms. The Labute approximate surface area is 101 Å². The minimum Gasteiger partial charge on any atom is -0.316 e. The van der Waals surface area contributed by atoms with Crippen LogP contribution >= 0.6 is 0 Å². The van der Waals surface area contributed by atoms with Gasteiger partial charge in [0.05, 0.1) is 6.61 Å². The molecule has 0 rings (SSSR count). The summed E-state index contributed by atoms with van der Waals surface area (Å²) >= 11 is 0. The highest BCUT2D eigenvalue weighted by molar-refractivity contribution is 4.51. The lowest BCUT2D eigenvalue weighted by molar-refractivity contribution is -0.146. The standard InChI is InChI=1S/C13H30N2O/c1-12(2)10-14-8-6-7-9-16-15(5)11-13(3)4/h12-14H,6-11H2,1-5H3. The summed E-state index contributed by atoms with van der Waals surface area (Å²) in [5, 5.41) is 5.39. The van der Waals surface area contributed by atoms with Crippen LogP contribution in [0.2, 0.25) is 0 Å². The highest BCUT2D eigenvalue weighted by atomic mass is 16.7. The number of unbranched alkanes of at least 4 members (excludes halogenated alkanes) is 1. The van der Waals surface area contributed by atoms with Gasteiger partial charge in [0.2, 0.25) is 0 Å². The summed E-state index contributed by atoms with van der Waals surface area (Å²) in [6, 6.07) is 0. The third kappa shape index (κ3) is 12.0. The van der Waals surface area contributed by atoms with Crippen LogP contribution in [0.4, 0.5) is 0 Å². The largest absolute Gasteiger partial charge is 0.316 e. The van der Waals surface area contributed by atoms with E-state index in [1.165, 1.54) is 6.42 Å². The van der Waals surface area contributed by atoms with E-state index in [0.29, 0.717) is 5.92 Å². The second-order valence-electron chi connectivity index (χ2n) is 5.34. The van der Waals surface area contributed by atoms with Crippen LogP contribution in [0.25, 0.3) is 0 Å². The number of nitrogens with zero attached hydrogens (tertiary/aromatic N) is 1. The first kappa shape index (κ1) is 15.9. The van der Waals surface area contributed by atoms with Gasteiger partial charge in [-0.05, 0) is 37.8 Å². The zero-order valence-corrected chi connectivity index (χ0v) is 11.8. The van der Waals surface area contributed by atoms with Gasteiger partial charge >= 0.3 is 0 Å². The number of nitrogens with one attached hydrogen (secondary N) is 1. The fourth-order valence-corrected chi connectivity index (χ4v) is 1.53. The molecule has 0 heterocycles. The van der Waals surface area contributed by atoms with Gasteiger partial charge in [-0.25, -0.2) is 0 Å². The van der Waals surface area contributed by atoms with Crippen molar-refractivity contribution in [2.75, 3.05) is 33.3 Å². The Balaban J connectivity index is 3.14. The molecule has 98 valence electrons. The van der Waals surface area contributed by atoms with Crippen LogP contribution in [0.5, 0.6) is 0 Å². The van der Waals surface area contributed by atoms with E-state index >= 15 is 0 Å². The lowest BCUT2D eigenvalue weighted by atomic mass is 10.2. The van der Waals surface area contributed by atoms with Crippen molar-refractivity contribution < 1.29 is 4.84 Å². The van der Waals surface area contributed by atoms with Gasteiger partial charge in [0.25, 0.3) is 0 Å². The van der Waals surface area contributed by atoms with Gasteiger partial charge in [0.15, 0.2) is 0 Å². The minimum absolute atomic E-state index is 0.665. The molecule has 0 fully saturated rings. The molecule has 0 amide bonds. The molecule has 0 bridgehead atoms. The van der Waals surface area contributed by atoms with Crippen LogP contribution in [0.1, 0.15) is 40.5 Å². The van der Waals surface area contributed by atoms with Gasteiger partial charge in [0, 0.05) is 13.6 Å². The van der Waals surface area contributed by atoms with Crippen molar-refractivity contribution in [3.8, 4) is 0 Å². The summed E-state index contributed by atoms with van der Waals surface area (Å²) in [4.78, 5) is 5.59. The predicted octanol–water partition coefficient (Wildman–Crippen LogP) is 2.53. The third-order valence-electron chi connectivity index (χ3n) is 2.23. The summed E-state index contributed by atoms with van der Waals surface area (Å²) in [6.07, 6.45) is 2.33. The Kier molecular flexibility index (Phi) is 9.99. The molecular weight excluding hydrogens is 200 g/mol. The topological polar surface area (TPSA) is 24.5 Å². The molecule has 0 saturated carbocycles. The van der Waals surface area contributed by atoms with Gasteiger partial charge < -0.3 is 5.32 Å². The third-order valence-corrected chi connectivity index (χ3v) is 2.23. The quantitative estimate of drug-likeness (QED) is 0.461. The lowest BCUT2D eigenvalue weighted by Gasteiger charge is -2.18.